The zero-order valence-corrected chi connectivity index (χ0v) is 4.34. The lowest BCUT2D eigenvalue weighted by Crippen LogP contribution is -2.27. The summed E-state index contributed by atoms with van der Waals surface area (Å²) >= 11 is 0. The SMILES string of the molecule is COC(C)(O)C=O. The van der Waals surface area contributed by atoms with Crippen LogP contribution in [0.15, 0.2) is 0 Å². The predicted octanol–water partition coefficient (Wildman–Crippen LogP) is -0.460. The van der Waals surface area contributed by atoms with Gasteiger partial charge in [-0.25, -0.2) is 0 Å². The van der Waals surface area contributed by atoms with E-state index in [1.54, 1.807) is 0 Å². The highest BCUT2D eigenvalue weighted by Crippen LogP contribution is 1.95. The Hall–Kier alpha value is -0.410. The van der Waals surface area contributed by atoms with E-state index in [0.717, 1.165) is 0 Å². The van der Waals surface area contributed by atoms with Crippen LogP contribution in [0.5, 0.6) is 0 Å². The average Bonchev–Trinajstić information content (AvgIpc) is 1.68. The Kier molecular flexibility index (Phi) is 1.92. The van der Waals surface area contributed by atoms with Crippen molar-refractivity contribution in [3.63, 3.8) is 0 Å². The van der Waals surface area contributed by atoms with Crippen molar-refractivity contribution in [3.8, 4) is 0 Å². The number of hydrogen-bond donors (Lipinski definition) is 1. The minimum Gasteiger partial charge on any atom is -0.360 e. The number of hydrogen-bond acceptors (Lipinski definition) is 3. The Morgan fingerprint density at radius 2 is 2.29 bits per heavy atom. The molecule has 0 saturated carbocycles. The third kappa shape index (κ3) is 2.31. The molecule has 1 N–H and O–H groups in total. The molecule has 0 spiro atoms. The molecule has 0 bridgehead atoms. The van der Waals surface area contributed by atoms with Crippen LogP contribution in [-0.2, 0) is 9.53 Å². The van der Waals surface area contributed by atoms with Gasteiger partial charge in [-0.3, -0.25) is 4.79 Å². The highest BCUT2D eigenvalue weighted by atomic mass is 16.6. The van der Waals surface area contributed by atoms with E-state index in [1.165, 1.54) is 14.0 Å². The van der Waals surface area contributed by atoms with Gasteiger partial charge in [0.2, 0.25) is 5.79 Å². The Bertz CT molecular complexity index is 67.3. The number of carbonyl (C=O) groups excluding carboxylic acids is 1. The van der Waals surface area contributed by atoms with Crippen LogP contribution >= 0.6 is 0 Å². The molecule has 0 aromatic rings. The Labute approximate surface area is 41.9 Å². The van der Waals surface area contributed by atoms with Crippen molar-refractivity contribution < 1.29 is 14.6 Å². The van der Waals surface area contributed by atoms with E-state index < -0.39 is 5.79 Å². The van der Waals surface area contributed by atoms with Crippen molar-refractivity contribution in [3.05, 3.63) is 0 Å². The van der Waals surface area contributed by atoms with Crippen molar-refractivity contribution in [2.45, 2.75) is 12.7 Å². The lowest BCUT2D eigenvalue weighted by molar-refractivity contribution is -0.173. The van der Waals surface area contributed by atoms with Gasteiger partial charge in [0, 0.05) is 7.11 Å². The third-order valence-corrected chi connectivity index (χ3v) is 0.632. The first-order chi connectivity index (χ1) is 3.12. The first-order valence-electron chi connectivity index (χ1n) is 1.86. The highest BCUT2D eigenvalue weighted by Gasteiger charge is 2.15. The molecule has 42 valence electrons. The van der Waals surface area contributed by atoms with E-state index in [4.69, 9.17) is 5.11 Å². The van der Waals surface area contributed by atoms with E-state index in [9.17, 15) is 4.79 Å². The first kappa shape index (κ1) is 6.59. The molecule has 0 heterocycles. The summed E-state index contributed by atoms with van der Waals surface area (Å²) in [5.41, 5.74) is 0. The summed E-state index contributed by atoms with van der Waals surface area (Å²) in [5, 5.41) is 8.54. The van der Waals surface area contributed by atoms with Crippen molar-refractivity contribution in [1.82, 2.24) is 0 Å². The van der Waals surface area contributed by atoms with E-state index in [0.29, 0.717) is 6.29 Å². The number of ether oxygens (including phenoxy) is 1. The molecule has 3 heteroatoms. The van der Waals surface area contributed by atoms with Crippen molar-refractivity contribution in [2.24, 2.45) is 0 Å². The van der Waals surface area contributed by atoms with Crippen LogP contribution < -0.4 is 0 Å². The molecule has 0 aliphatic carbocycles. The maximum absolute atomic E-state index is 9.68. The van der Waals surface area contributed by atoms with Crippen LogP contribution in [-0.4, -0.2) is 24.3 Å². The van der Waals surface area contributed by atoms with Gasteiger partial charge in [0.15, 0.2) is 6.29 Å². The molecule has 0 rings (SSSR count). The lowest BCUT2D eigenvalue weighted by atomic mass is 10.4. The van der Waals surface area contributed by atoms with Gasteiger partial charge in [-0.1, -0.05) is 0 Å². The molecule has 0 amide bonds. The standard InChI is InChI=1S/C4H8O3/c1-4(6,3-5)7-2/h3,6H,1-2H3. The van der Waals surface area contributed by atoms with E-state index in [1.807, 2.05) is 0 Å². The van der Waals surface area contributed by atoms with Crippen LogP contribution in [0.4, 0.5) is 0 Å². The smallest absolute Gasteiger partial charge is 0.220 e. The summed E-state index contributed by atoms with van der Waals surface area (Å²) in [5.74, 6) is -1.60. The Morgan fingerprint density at radius 1 is 1.86 bits per heavy atom. The zero-order valence-electron chi connectivity index (χ0n) is 4.34. The van der Waals surface area contributed by atoms with Gasteiger partial charge < -0.3 is 9.84 Å². The second-order valence-electron chi connectivity index (χ2n) is 1.38. The van der Waals surface area contributed by atoms with E-state index >= 15 is 0 Å². The number of rotatable bonds is 2. The minimum atomic E-state index is -1.60. The fourth-order valence-corrected chi connectivity index (χ4v) is 0.0481. The second-order valence-corrected chi connectivity index (χ2v) is 1.38. The van der Waals surface area contributed by atoms with Gasteiger partial charge >= 0.3 is 0 Å². The molecule has 0 radical (unpaired) electrons. The average molecular weight is 104 g/mol. The van der Waals surface area contributed by atoms with Crippen LogP contribution in [0.25, 0.3) is 0 Å². The number of aldehydes is 1. The molecule has 1 unspecified atom stereocenters. The van der Waals surface area contributed by atoms with Gasteiger partial charge in [-0.15, -0.1) is 0 Å². The van der Waals surface area contributed by atoms with E-state index in [2.05, 4.69) is 4.74 Å². The highest BCUT2D eigenvalue weighted by molar-refractivity contribution is 5.58. The van der Waals surface area contributed by atoms with E-state index in [-0.39, 0.29) is 0 Å². The molecule has 0 aromatic carbocycles. The maximum atomic E-state index is 9.68. The number of aliphatic hydroxyl groups is 1. The van der Waals surface area contributed by atoms with Crippen LogP contribution in [0.1, 0.15) is 6.92 Å². The van der Waals surface area contributed by atoms with Crippen molar-refractivity contribution in [1.29, 1.82) is 0 Å². The van der Waals surface area contributed by atoms with Crippen molar-refractivity contribution in [2.75, 3.05) is 7.11 Å². The van der Waals surface area contributed by atoms with Crippen LogP contribution in [0.3, 0.4) is 0 Å². The molecular weight excluding hydrogens is 96.0 g/mol. The summed E-state index contributed by atoms with van der Waals surface area (Å²) in [6.07, 6.45) is 0.326. The molecule has 0 aromatic heterocycles. The summed E-state index contributed by atoms with van der Waals surface area (Å²) in [4.78, 5) is 9.68. The largest absolute Gasteiger partial charge is 0.360 e. The summed E-state index contributed by atoms with van der Waals surface area (Å²) < 4.78 is 4.27. The zero-order chi connectivity index (χ0) is 5.91. The summed E-state index contributed by atoms with van der Waals surface area (Å²) in [6.45, 7) is 1.26. The molecule has 1 atom stereocenters. The minimum absolute atomic E-state index is 0.326. The topological polar surface area (TPSA) is 46.5 Å². The number of carbonyl (C=O) groups is 1. The van der Waals surface area contributed by atoms with Crippen LogP contribution in [0, 0.1) is 0 Å². The Balaban J connectivity index is 3.58. The molecule has 0 saturated heterocycles. The molecular formula is C4H8O3. The van der Waals surface area contributed by atoms with Gasteiger partial charge in [-0.2, -0.15) is 0 Å². The van der Waals surface area contributed by atoms with Gasteiger partial charge in [0.1, 0.15) is 0 Å². The maximum Gasteiger partial charge on any atom is 0.220 e. The molecule has 7 heavy (non-hydrogen) atoms. The quantitative estimate of drug-likeness (QED) is 0.381. The first-order valence-corrected chi connectivity index (χ1v) is 1.86. The van der Waals surface area contributed by atoms with Gasteiger partial charge in [0.05, 0.1) is 0 Å². The summed E-state index contributed by atoms with van der Waals surface area (Å²) in [7, 11) is 1.26. The van der Waals surface area contributed by atoms with Crippen molar-refractivity contribution >= 4 is 6.29 Å². The molecule has 0 aliphatic heterocycles. The number of methoxy groups -OCH3 is 1. The summed E-state index contributed by atoms with van der Waals surface area (Å²) in [6, 6.07) is 0. The van der Waals surface area contributed by atoms with Crippen LogP contribution in [0.2, 0.25) is 0 Å². The molecule has 0 aliphatic rings. The van der Waals surface area contributed by atoms with Gasteiger partial charge in [-0.05, 0) is 6.92 Å². The monoisotopic (exact) mass is 104 g/mol. The van der Waals surface area contributed by atoms with Gasteiger partial charge in [0.25, 0.3) is 0 Å². The fourth-order valence-electron chi connectivity index (χ4n) is 0.0481. The predicted molar refractivity (Wildman–Crippen MR) is 23.7 cm³/mol. The second kappa shape index (κ2) is 2.04. The molecule has 3 nitrogen and oxygen atoms in total. The fraction of sp³-hybridized carbons (Fsp3) is 0.750. The lowest BCUT2D eigenvalue weighted by Gasteiger charge is -2.10. The molecule has 0 fully saturated rings. The normalized spacial score (nSPS) is 18.1. The third-order valence-electron chi connectivity index (χ3n) is 0.632. The Morgan fingerprint density at radius 3 is 2.29 bits per heavy atom.